The highest BCUT2D eigenvalue weighted by atomic mass is 16.5. The van der Waals surface area contributed by atoms with Gasteiger partial charge in [-0.2, -0.15) is 0 Å². The highest BCUT2D eigenvalue weighted by molar-refractivity contribution is 5.68. The number of carbonyl (C=O) groups excluding carboxylic acids is 1. The molecular weight excluding hydrogens is 180 g/mol. The van der Waals surface area contributed by atoms with Crippen LogP contribution in [0.1, 0.15) is 45.4 Å². The monoisotopic (exact) mass is 200 g/mol. The molecule has 14 heavy (non-hydrogen) atoms. The summed E-state index contributed by atoms with van der Waals surface area (Å²) in [7, 11) is 0. The van der Waals surface area contributed by atoms with Gasteiger partial charge in [0.25, 0.3) is 0 Å². The largest absolute Gasteiger partial charge is 0.466 e. The highest BCUT2D eigenvalue weighted by Crippen LogP contribution is 2.26. The first-order valence-electron chi connectivity index (χ1n) is 5.56. The van der Waals surface area contributed by atoms with E-state index in [2.05, 4.69) is 0 Å². The number of aliphatic hydroxyl groups is 1. The zero-order valence-electron chi connectivity index (χ0n) is 8.87. The molecule has 1 aliphatic carbocycles. The van der Waals surface area contributed by atoms with E-state index in [4.69, 9.17) is 4.74 Å². The van der Waals surface area contributed by atoms with Crippen molar-refractivity contribution >= 4 is 5.97 Å². The van der Waals surface area contributed by atoms with Crippen molar-refractivity contribution in [2.45, 2.75) is 51.6 Å². The van der Waals surface area contributed by atoms with Crippen molar-refractivity contribution in [3.8, 4) is 0 Å². The normalized spacial score (nSPS) is 27.3. The number of carbonyl (C=O) groups is 1. The Hall–Kier alpha value is -0.570. The Morgan fingerprint density at radius 2 is 2.00 bits per heavy atom. The van der Waals surface area contributed by atoms with Crippen molar-refractivity contribution in [2.24, 2.45) is 5.92 Å². The fourth-order valence-corrected chi connectivity index (χ4v) is 1.88. The Morgan fingerprint density at radius 1 is 1.36 bits per heavy atom. The third-order valence-electron chi connectivity index (χ3n) is 2.89. The number of aliphatic hydroxyl groups excluding tert-OH is 1. The maximum absolute atomic E-state index is 10.8. The van der Waals surface area contributed by atoms with Gasteiger partial charge in [0.15, 0.2) is 0 Å². The molecule has 1 fully saturated rings. The van der Waals surface area contributed by atoms with Crippen LogP contribution in [0.15, 0.2) is 0 Å². The number of ether oxygens (including phenoxy) is 1. The summed E-state index contributed by atoms with van der Waals surface area (Å²) in [5, 5.41) is 9.29. The third-order valence-corrected chi connectivity index (χ3v) is 2.89. The molecular formula is C11H20O3. The van der Waals surface area contributed by atoms with Crippen molar-refractivity contribution in [3.63, 3.8) is 0 Å². The van der Waals surface area contributed by atoms with Gasteiger partial charge in [-0.15, -0.1) is 0 Å². The average molecular weight is 200 g/mol. The van der Waals surface area contributed by atoms with Gasteiger partial charge in [0.1, 0.15) is 0 Å². The number of hydrogen-bond donors (Lipinski definition) is 1. The van der Waals surface area contributed by atoms with Crippen LogP contribution < -0.4 is 0 Å². The Labute approximate surface area is 85.5 Å². The predicted molar refractivity (Wildman–Crippen MR) is 53.8 cm³/mol. The lowest BCUT2D eigenvalue weighted by molar-refractivity contribution is -0.143. The van der Waals surface area contributed by atoms with E-state index in [9.17, 15) is 9.90 Å². The van der Waals surface area contributed by atoms with Crippen LogP contribution in [0.2, 0.25) is 0 Å². The van der Waals surface area contributed by atoms with Gasteiger partial charge in [-0.3, -0.25) is 4.79 Å². The summed E-state index contributed by atoms with van der Waals surface area (Å²) in [6, 6.07) is 0. The van der Waals surface area contributed by atoms with Gasteiger partial charge < -0.3 is 9.84 Å². The Morgan fingerprint density at radius 3 is 2.57 bits per heavy atom. The quantitative estimate of drug-likeness (QED) is 0.705. The topological polar surface area (TPSA) is 46.5 Å². The molecule has 0 saturated heterocycles. The first-order valence-corrected chi connectivity index (χ1v) is 5.56. The van der Waals surface area contributed by atoms with Crippen LogP contribution in [0.4, 0.5) is 0 Å². The van der Waals surface area contributed by atoms with Crippen molar-refractivity contribution in [1.82, 2.24) is 0 Å². The summed E-state index contributed by atoms with van der Waals surface area (Å²) in [6.07, 6.45) is 5.29. The average Bonchev–Trinajstić information content (AvgIpc) is 2.21. The molecule has 0 aromatic heterocycles. The first-order chi connectivity index (χ1) is 6.72. The molecule has 0 aliphatic heterocycles. The van der Waals surface area contributed by atoms with Crippen LogP contribution in [-0.4, -0.2) is 23.8 Å². The van der Waals surface area contributed by atoms with Crippen LogP contribution in [-0.2, 0) is 9.53 Å². The van der Waals surface area contributed by atoms with E-state index in [0.29, 0.717) is 18.9 Å². The molecule has 1 saturated carbocycles. The molecule has 82 valence electrons. The smallest absolute Gasteiger partial charge is 0.305 e. The fourth-order valence-electron chi connectivity index (χ4n) is 1.88. The number of rotatable bonds is 4. The van der Waals surface area contributed by atoms with Crippen LogP contribution in [0.25, 0.3) is 0 Å². The van der Waals surface area contributed by atoms with Crippen molar-refractivity contribution in [1.29, 1.82) is 0 Å². The van der Waals surface area contributed by atoms with Crippen molar-refractivity contribution in [3.05, 3.63) is 0 Å². The van der Waals surface area contributed by atoms with Crippen LogP contribution in [0, 0.1) is 5.92 Å². The highest BCUT2D eigenvalue weighted by Gasteiger charge is 2.19. The number of hydrogen-bond acceptors (Lipinski definition) is 3. The van der Waals surface area contributed by atoms with Gasteiger partial charge in [-0.05, 0) is 38.0 Å². The molecule has 0 heterocycles. The van der Waals surface area contributed by atoms with Gasteiger partial charge >= 0.3 is 5.97 Å². The Balaban J connectivity index is 2.04. The zero-order chi connectivity index (χ0) is 10.4. The lowest BCUT2D eigenvalue weighted by atomic mass is 9.86. The van der Waals surface area contributed by atoms with Gasteiger partial charge in [0, 0.05) is 6.42 Å². The second-order valence-electron chi connectivity index (χ2n) is 4.04. The predicted octanol–water partition coefficient (Wildman–Crippen LogP) is 1.88. The minimum absolute atomic E-state index is 0.0931. The summed E-state index contributed by atoms with van der Waals surface area (Å²) in [4.78, 5) is 10.8. The lowest BCUT2D eigenvalue weighted by Gasteiger charge is -2.24. The molecule has 1 N–H and O–H groups in total. The second-order valence-corrected chi connectivity index (χ2v) is 4.04. The van der Waals surface area contributed by atoms with Gasteiger partial charge in [0.2, 0.25) is 0 Å². The van der Waals surface area contributed by atoms with Crippen molar-refractivity contribution < 1.29 is 14.6 Å². The maximum Gasteiger partial charge on any atom is 0.305 e. The van der Waals surface area contributed by atoms with Crippen LogP contribution in [0.5, 0.6) is 0 Å². The molecule has 1 aliphatic rings. The maximum atomic E-state index is 10.8. The summed E-state index contributed by atoms with van der Waals surface area (Å²) in [6.45, 7) is 2.35. The third kappa shape index (κ3) is 4.09. The zero-order valence-corrected chi connectivity index (χ0v) is 8.87. The SMILES string of the molecule is CCC(=O)OCCC1CCC(O)CC1. The molecule has 0 aromatic carbocycles. The molecule has 0 bridgehead atoms. The molecule has 0 atom stereocenters. The fraction of sp³-hybridized carbons (Fsp3) is 0.909. The molecule has 0 amide bonds. The lowest BCUT2D eigenvalue weighted by Crippen LogP contribution is -2.19. The molecule has 0 aromatic rings. The molecule has 0 unspecified atom stereocenters. The summed E-state index contributed by atoms with van der Waals surface area (Å²) in [5.74, 6) is 0.531. The molecule has 0 spiro atoms. The van der Waals surface area contributed by atoms with Gasteiger partial charge in [-0.1, -0.05) is 6.92 Å². The molecule has 0 radical (unpaired) electrons. The standard InChI is InChI=1S/C11H20O3/c1-2-11(13)14-8-7-9-3-5-10(12)6-4-9/h9-10,12H,2-8H2,1H3. The van der Waals surface area contributed by atoms with E-state index >= 15 is 0 Å². The molecule has 3 nitrogen and oxygen atoms in total. The molecule has 1 rings (SSSR count). The second kappa shape index (κ2) is 6.02. The Kier molecular flexibility index (Phi) is 4.94. The summed E-state index contributed by atoms with van der Waals surface area (Å²) < 4.78 is 5.02. The van der Waals surface area contributed by atoms with E-state index < -0.39 is 0 Å². The summed E-state index contributed by atoms with van der Waals surface area (Å²) in [5.41, 5.74) is 0. The first kappa shape index (κ1) is 11.5. The minimum Gasteiger partial charge on any atom is -0.466 e. The van der Waals surface area contributed by atoms with Crippen molar-refractivity contribution in [2.75, 3.05) is 6.61 Å². The van der Waals surface area contributed by atoms with E-state index in [1.165, 1.54) is 0 Å². The van der Waals surface area contributed by atoms with Crippen LogP contribution in [0.3, 0.4) is 0 Å². The Bertz CT molecular complexity index is 171. The van der Waals surface area contributed by atoms with E-state index in [1.54, 1.807) is 6.92 Å². The van der Waals surface area contributed by atoms with Gasteiger partial charge in [-0.25, -0.2) is 0 Å². The number of esters is 1. The van der Waals surface area contributed by atoms with Gasteiger partial charge in [0.05, 0.1) is 12.7 Å². The van der Waals surface area contributed by atoms with E-state index in [0.717, 1.165) is 32.1 Å². The molecule has 3 heteroatoms. The van der Waals surface area contributed by atoms with E-state index in [-0.39, 0.29) is 12.1 Å². The summed E-state index contributed by atoms with van der Waals surface area (Å²) >= 11 is 0. The van der Waals surface area contributed by atoms with Crippen LogP contribution >= 0.6 is 0 Å². The van der Waals surface area contributed by atoms with E-state index in [1.807, 2.05) is 0 Å². The minimum atomic E-state index is -0.110.